The highest BCUT2D eigenvalue weighted by molar-refractivity contribution is 5.01. The lowest BCUT2D eigenvalue weighted by atomic mass is 9.85. The third kappa shape index (κ3) is 2.21. The number of nitrogens with zero attached hydrogens (tertiary/aromatic N) is 3. The molecule has 2 aliphatic rings. The fraction of sp³-hybridized carbons (Fsp3) is 0.833. The topological polar surface area (TPSA) is 54.2 Å². The van der Waals surface area contributed by atoms with Gasteiger partial charge in [-0.1, -0.05) is 11.6 Å². The first-order valence-electron chi connectivity index (χ1n) is 6.63. The molecule has 1 saturated heterocycles. The Morgan fingerprint density at radius 3 is 2.76 bits per heavy atom. The third-order valence-electron chi connectivity index (χ3n) is 3.98. The summed E-state index contributed by atoms with van der Waals surface area (Å²) in [6.45, 7) is 6.37. The molecule has 0 bridgehead atoms. The summed E-state index contributed by atoms with van der Waals surface area (Å²) in [4.78, 5) is 6.96. The molecule has 1 aliphatic heterocycles. The van der Waals surface area contributed by atoms with E-state index in [4.69, 9.17) is 4.52 Å². The molecule has 0 aromatic carbocycles. The zero-order chi connectivity index (χ0) is 11.7. The van der Waals surface area contributed by atoms with Crippen molar-refractivity contribution in [2.24, 2.45) is 0 Å². The van der Waals surface area contributed by atoms with Crippen LogP contribution in [0, 0.1) is 0 Å². The van der Waals surface area contributed by atoms with Crippen LogP contribution in [0.3, 0.4) is 0 Å². The fourth-order valence-electron chi connectivity index (χ4n) is 2.47. The van der Waals surface area contributed by atoms with Gasteiger partial charge in [0.05, 0.1) is 6.04 Å². The molecule has 5 heteroatoms. The van der Waals surface area contributed by atoms with Crippen molar-refractivity contribution in [3.63, 3.8) is 0 Å². The van der Waals surface area contributed by atoms with Gasteiger partial charge in [-0.3, -0.25) is 4.90 Å². The van der Waals surface area contributed by atoms with Crippen molar-refractivity contribution in [2.75, 3.05) is 26.2 Å². The molecule has 2 fully saturated rings. The second kappa shape index (κ2) is 4.74. The average molecular weight is 236 g/mol. The maximum atomic E-state index is 5.41. The molecule has 1 aromatic rings. The molecule has 0 radical (unpaired) electrons. The van der Waals surface area contributed by atoms with Gasteiger partial charge in [-0.15, -0.1) is 0 Å². The van der Waals surface area contributed by atoms with Gasteiger partial charge in [-0.2, -0.15) is 4.98 Å². The first kappa shape index (κ1) is 11.2. The quantitative estimate of drug-likeness (QED) is 0.857. The molecule has 3 rings (SSSR count). The van der Waals surface area contributed by atoms with Crippen molar-refractivity contribution in [1.29, 1.82) is 0 Å². The van der Waals surface area contributed by atoms with Crippen molar-refractivity contribution in [2.45, 2.75) is 38.1 Å². The van der Waals surface area contributed by atoms with E-state index in [1.165, 1.54) is 19.3 Å². The predicted molar refractivity (Wildman–Crippen MR) is 63.7 cm³/mol. The molecule has 1 aromatic heterocycles. The molecule has 0 spiro atoms. The van der Waals surface area contributed by atoms with Crippen molar-refractivity contribution < 1.29 is 4.52 Å². The van der Waals surface area contributed by atoms with Gasteiger partial charge in [-0.25, -0.2) is 0 Å². The summed E-state index contributed by atoms with van der Waals surface area (Å²) in [5.41, 5.74) is 0. The number of nitrogens with one attached hydrogen (secondary N) is 1. The largest absolute Gasteiger partial charge is 0.338 e. The highest BCUT2D eigenvalue weighted by Crippen LogP contribution is 2.35. The molecular formula is C12H20N4O. The van der Waals surface area contributed by atoms with Gasteiger partial charge in [-0.05, 0) is 19.8 Å². The molecule has 1 saturated carbocycles. The highest BCUT2D eigenvalue weighted by atomic mass is 16.5. The van der Waals surface area contributed by atoms with Gasteiger partial charge >= 0.3 is 0 Å². The highest BCUT2D eigenvalue weighted by Gasteiger charge is 2.27. The number of aromatic nitrogens is 2. The zero-order valence-electron chi connectivity index (χ0n) is 10.4. The Labute approximate surface area is 102 Å². The number of rotatable bonds is 3. The van der Waals surface area contributed by atoms with Crippen LogP contribution < -0.4 is 5.32 Å². The van der Waals surface area contributed by atoms with Crippen LogP contribution in [0.1, 0.15) is 49.9 Å². The summed E-state index contributed by atoms with van der Waals surface area (Å²) in [5, 5.41) is 7.48. The Bertz CT molecular complexity index is 368. The average Bonchev–Trinajstić information content (AvgIpc) is 2.76. The normalized spacial score (nSPS) is 24.5. The minimum absolute atomic E-state index is 0.249. The van der Waals surface area contributed by atoms with E-state index in [2.05, 4.69) is 27.3 Å². The van der Waals surface area contributed by atoms with Crippen LogP contribution in [0.15, 0.2) is 4.52 Å². The standard InChI is InChI=1S/C12H20N4O/c1-9(16-7-5-13-6-8-16)12-14-11(15-17-12)10-3-2-4-10/h9-10,13H,2-8H2,1H3. The lowest BCUT2D eigenvalue weighted by molar-refractivity contribution is 0.154. The van der Waals surface area contributed by atoms with Crippen molar-refractivity contribution in [3.05, 3.63) is 11.7 Å². The molecule has 2 heterocycles. The molecule has 5 nitrogen and oxygen atoms in total. The fourth-order valence-corrected chi connectivity index (χ4v) is 2.47. The van der Waals surface area contributed by atoms with Crippen LogP contribution >= 0.6 is 0 Å². The maximum Gasteiger partial charge on any atom is 0.243 e. The molecule has 1 atom stereocenters. The first-order valence-corrected chi connectivity index (χ1v) is 6.63. The van der Waals surface area contributed by atoms with E-state index in [1.54, 1.807) is 0 Å². The first-order chi connectivity index (χ1) is 8.34. The Kier molecular flexibility index (Phi) is 3.11. The Balaban J connectivity index is 1.67. The Morgan fingerprint density at radius 2 is 2.12 bits per heavy atom. The number of hydrogen-bond donors (Lipinski definition) is 1. The van der Waals surface area contributed by atoms with Crippen molar-refractivity contribution >= 4 is 0 Å². The van der Waals surface area contributed by atoms with E-state index < -0.39 is 0 Å². The van der Waals surface area contributed by atoms with Gasteiger partial charge < -0.3 is 9.84 Å². The molecule has 94 valence electrons. The van der Waals surface area contributed by atoms with Gasteiger partial charge in [0, 0.05) is 32.1 Å². The lowest BCUT2D eigenvalue weighted by Crippen LogP contribution is -2.44. The summed E-state index contributed by atoms with van der Waals surface area (Å²) in [6, 6.07) is 0.249. The number of piperazine rings is 1. The minimum atomic E-state index is 0.249. The Hall–Kier alpha value is -0.940. The van der Waals surface area contributed by atoms with Crippen LogP contribution in [-0.2, 0) is 0 Å². The van der Waals surface area contributed by atoms with Crippen molar-refractivity contribution in [1.82, 2.24) is 20.4 Å². The van der Waals surface area contributed by atoms with E-state index in [-0.39, 0.29) is 6.04 Å². The Morgan fingerprint density at radius 1 is 1.35 bits per heavy atom. The predicted octanol–water partition coefficient (Wildman–Crippen LogP) is 1.30. The van der Waals surface area contributed by atoms with Crippen LogP contribution in [0.2, 0.25) is 0 Å². The van der Waals surface area contributed by atoms with E-state index >= 15 is 0 Å². The van der Waals surface area contributed by atoms with E-state index in [1.807, 2.05) is 0 Å². The molecule has 1 N–H and O–H groups in total. The monoisotopic (exact) mass is 236 g/mol. The van der Waals surface area contributed by atoms with Crippen molar-refractivity contribution in [3.8, 4) is 0 Å². The van der Waals surface area contributed by atoms with Crippen LogP contribution in [-0.4, -0.2) is 41.2 Å². The zero-order valence-corrected chi connectivity index (χ0v) is 10.4. The smallest absolute Gasteiger partial charge is 0.243 e. The van der Waals surface area contributed by atoms with Gasteiger partial charge in [0.15, 0.2) is 5.82 Å². The van der Waals surface area contributed by atoms with E-state index in [9.17, 15) is 0 Å². The minimum Gasteiger partial charge on any atom is -0.338 e. The summed E-state index contributed by atoms with van der Waals surface area (Å²) >= 11 is 0. The SMILES string of the molecule is CC(c1nc(C2CCC2)no1)N1CCNCC1. The molecule has 0 amide bonds. The molecular weight excluding hydrogens is 216 g/mol. The second-order valence-corrected chi connectivity index (χ2v) is 5.08. The van der Waals surface area contributed by atoms with Crippen LogP contribution in [0.25, 0.3) is 0 Å². The van der Waals surface area contributed by atoms with Crippen LogP contribution in [0.4, 0.5) is 0 Å². The molecule has 17 heavy (non-hydrogen) atoms. The van der Waals surface area contributed by atoms with Gasteiger partial charge in [0.2, 0.25) is 5.89 Å². The summed E-state index contributed by atoms with van der Waals surface area (Å²) < 4.78 is 5.41. The third-order valence-corrected chi connectivity index (χ3v) is 3.98. The number of hydrogen-bond acceptors (Lipinski definition) is 5. The maximum absolute atomic E-state index is 5.41. The molecule has 1 unspecified atom stereocenters. The van der Waals surface area contributed by atoms with Crippen LogP contribution in [0.5, 0.6) is 0 Å². The second-order valence-electron chi connectivity index (χ2n) is 5.08. The summed E-state index contributed by atoms with van der Waals surface area (Å²) in [7, 11) is 0. The molecule has 1 aliphatic carbocycles. The summed E-state index contributed by atoms with van der Waals surface area (Å²) in [5.74, 6) is 2.27. The lowest BCUT2D eigenvalue weighted by Gasteiger charge is -2.30. The van der Waals surface area contributed by atoms with Gasteiger partial charge in [0.1, 0.15) is 0 Å². The van der Waals surface area contributed by atoms with Gasteiger partial charge in [0.25, 0.3) is 0 Å². The summed E-state index contributed by atoms with van der Waals surface area (Å²) in [6.07, 6.45) is 3.75. The van der Waals surface area contributed by atoms with E-state index in [0.29, 0.717) is 5.92 Å². The van der Waals surface area contributed by atoms with E-state index in [0.717, 1.165) is 37.9 Å².